The molecule has 4 fully saturated rings. The third-order valence-electron chi connectivity index (χ3n) is 7.92. The van der Waals surface area contributed by atoms with Gasteiger partial charge in [-0.3, -0.25) is 4.79 Å². The van der Waals surface area contributed by atoms with E-state index in [1.54, 1.807) is 31.2 Å². The summed E-state index contributed by atoms with van der Waals surface area (Å²) in [6.07, 6.45) is 4.66. The lowest BCUT2D eigenvalue weighted by Crippen LogP contribution is -2.62. The molecule has 3 aliphatic heterocycles. The number of aliphatic hydroxyl groups excluding tert-OH is 1. The number of carbonyl (C=O) groups excluding carboxylic acids is 2. The molecule has 33 heavy (non-hydrogen) atoms. The molecule has 1 spiro atoms. The molecule has 8 nitrogen and oxygen atoms in total. The second kappa shape index (κ2) is 9.06. The average molecular weight is 477 g/mol. The Hall–Kier alpha value is -1.87. The minimum atomic E-state index is -0.559. The number of nitrogens with zero attached hydrogens (tertiary/aromatic N) is 3. The summed E-state index contributed by atoms with van der Waals surface area (Å²) in [7, 11) is 0. The van der Waals surface area contributed by atoms with E-state index in [0.29, 0.717) is 23.9 Å². The van der Waals surface area contributed by atoms with Gasteiger partial charge < -0.3 is 29.9 Å². The van der Waals surface area contributed by atoms with Gasteiger partial charge in [-0.1, -0.05) is 17.7 Å². The summed E-state index contributed by atoms with van der Waals surface area (Å²) in [4.78, 5) is 31.8. The lowest BCUT2D eigenvalue weighted by atomic mass is 9.90. The van der Waals surface area contributed by atoms with Crippen LogP contribution in [0.3, 0.4) is 0 Å². The van der Waals surface area contributed by atoms with E-state index in [1.165, 1.54) is 17.7 Å². The molecular formula is C24H33ClN4O4. The number of benzene rings is 1. The van der Waals surface area contributed by atoms with Crippen LogP contribution in [0.15, 0.2) is 24.3 Å². The summed E-state index contributed by atoms with van der Waals surface area (Å²) in [6, 6.07) is 6.09. The lowest BCUT2D eigenvalue weighted by Gasteiger charge is -2.42. The first-order valence-electron chi connectivity index (χ1n) is 12.0. The Labute approximate surface area is 199 Å². The highest BCUT2D eigenvalue weighted by Crippen LogP contribution is 2.53. The second-order valence-electron chi connectivity index (χ2n) is 10.0. The smallest absolute Gasteiger partial charge is 0.322 e. The zero-order valence-electron chi connectivity index (χ0n) is 19.1. The van der Waals surface area contributed by atoms with Crippen LogP contribution in [-0.2, 0) is 9.53 Å². The number of fused-ring (bicyclic) bond motifs is 1. The topological polar surface area (TPSA) is 85.4 Å². The van der Waals surface area contributed by atoms with Crippen LogP contribution < -0.4 is 5.32 Å². The van der Waals surface area contributed by atoms with Crippen molar-refractivity contribution in [2.45, 2.75) is 63.4 Å². The Morgan fingerprint density at radius 3 is 2.85 bits per heavy atom. The van der Waals surface area contributed by atoms with Crippen molar-refractivity contribution in [3.05, 3.63) is 29.3 Å². The quantitative estimate of drug-likeness (QED) is 0.682. The minimum Gasteiger partial charge on any atom is -0.391 e. The predicted octanol–water partition coefficient (Wildman–Crippen LogP) is 2.76. The van der Waals surface area contributed by atoms with Crippen molar-refractivity contribution in [1.82, 2.24) is 14.7 Å². The van der Waals surface area contributed by atoms with E-state index in [2.05, 4.69) is 10.2 Å². The Bertz CT molecular complexity index is 910. The first kappa shape index (κ1) is 22.9. The van der Waals surface area contributed by atoms with Gasteiger partial charge in [0.15, 0.2) is 6.23 Å². The van der Waals surface area contributed by atoms with E-state index in [-0.39, 0.29) is 29.5 Å². The number of amides is 3. The number of likely N-dealkylation sites (tertiary alicyclic amines) is 1. The van der Waals surface area contributed by atoms with Crippen molar-refractivity contribution in [3.8, 4) is 0 Å². The number of rotatable bonds is 5. The molecule has 0 bridgehead atoms. The fraction of sp³-hybridized carbons (Fsp3) is 0.667. The molecule has 180 valence electrons. The maximum Gasteiger partial charge on any atom is 0.322 e. The molecule has 4 unspecified atom stereocenters. The van der Waals surface area contributed by atoms with E-state index in [9.17, 15) is 14.7 Å². The first-order valence-corrected chi connectivity index (χ1v) is 12.4. The molecule has 9 heteroatoms. The summed E-state index contributed by atoms with van der Waals surface area (Å²) in [5.41, 5.74) is 0.819. The molecule has 3 saturated heterocycles. The monoisotopic (exact) mass is 476 g/mol. The average Bonchev–Trinajstić information content (AvgIpc) is 3.46. The van der Waals surface area contributed by atoms with Crippen LogP contribution in [0.1, 0.15) is 39.0 Å². The highest BCUT2D eigenvalue weighted by molar-refractivity contribution is 6.30. The second-order valence-corrected chi connectivity index (χ2v) is 10.5. The standard InChI is InChI=1S/C24H33ClN4O4/c1-16-22(31)29-19(6-3-10-27-11-9-24(7-8-24)20(30)13-27)15-33-21(29)14-28(16)23(32)26-18-5-2-4-17(25)12-18/h2,4-5,12,16,19-21,30H,3,6-11,13-15H2,1H3,(H,26,32). The molecule has 0 radical (unpaired) electrons. The number of ether oxygens (including phenoxy) is 1. The van der Waals surface area contributed by atoms with Gasteiger partial charge in [-0.15, -0.1) is 0 Å². The molecular weight excluding hydrogens is 444 g/mol. The number of carbonyl (C=O) groups is 2. The third-order valence-corrected chi connectivity index (χ3v) is 8.16. The van der Waals surface area contributed by atoms with E-state index >= 15 is 0 Å². The van der Waals surface area contributed by atoms with Crippen LogP contribution in [-0.4, -0.2) is 88.9 Å². The number of halogens is 1. The summed E-state index contributed by atoms with van der Waals surface area (Å²) in [5.74, 6) is -0.0703. The summed E-state index contributed by atoms with van der Waals surface area (Å²) < 4.78 is 5.94. The van der Waals surface area contributed by atoms with E-state index in [4.69, 9.17) is 16.3 Å². The van der Waals surface area contributed by atoms with Crippen molar-refractivity contribution >= 4 is 29.2 Å². The molecule has 2 N–H and O–H groups in total. The maximum absolute atomic E-state index is 13.2. The molecule has 4 atom stereocenters. The van der Waals surface area contributed by atoms with E-state index in [0.717, 1.165) is 38.9 Å². The van der Waals surface area contributed by atoms with Gasteiger partial charge in [0.2, 0.25) is 5.91 Å². The van der Waals surface area contributed by atoms with Crippen LogP contribution in [0, 0.1) is 5.41 Å². The summed E-state index contributed by atoms with van der Waals surface area (Å²) >= 11 is 6.01. The SMILES string of the molecule is CC1C(=O)N2C(CCCN3CCC4(CC4)C(O)C3)COC2CN1C(=O)Nc1cccc(Cl)c1. The van der Waals surface area contributed by atoms with Gasteiger partial charge >= 0.3 is 6.03 Å². The summed E-state index contributed by atoms with van der Waals surface area (Å²) in [6.45, 7) is 5.36. The van der Waals surface area contributed by atoms with Crippen LogP contribution in [0.5, 0.6) is 0 Å². The van der Waals surface area contributed by atoms with Crippen molar-refractivity contribution in [1.29, 1.82) is 0 Å². The Balaban J connectivity index is 1.13. The number of aliphatic hydroxyl groups is 1. The number of hydrogen-bond acceptors (Lipinski definition) is 5. The van der Waals surface area contributed by atoms with Crippen molar-refractivity contribution in [3.63, 3.8) is 0 Å². The van der Waals surface area contributed by atoms with Gasteiger partial charge in [0.05, 0.1) is 25.3 Å². The number of nitrogens with one attached hydrogen (secondary N) is 1. The van der Waals surface area contributed by atoms with Gasteiger partial charge in [-0.05, 0) is 75.7 Å². The van der Waals surface area contributed by atoms with Gasteiger partial charge in [0.1, 0.15) is 6.04 Å². The van der Waals surface area contributed by atoms with Crippen molar-refractivity contribution in [2.75, 3.05) is 38.1 Å². The number of piperidine rings is 1. The largest absolute Gasteiger partial charge is 0.391 e. The normalized spacial score (nSPS) is 31.1. The van der Waals surface area contributed by atoms with Gasteiger partial charge in [-0.25, -0.2) is 4.79 Å². The van der Waals surface area contributed by atoms with Gasteiger partial charge in [0, 0.05) is 17.3 Å². The van der Waals surface area contributed by atoms with Crippen LogP contribution in [0.2, 0.25) is 5.02 Å². The maximum atomic E-state index is 13.2. The van der Waals surface area contributed by atoms with Crippen molar-refractivity contribution in [2.24, 2.45) is 5.41 Å². The number of anilines is 1. The van der Waals surface area contributed by atoms with Crippen LogP contribution >= 0.6 is 11.6 Å². The molecule has 4 aliphatic rings. The lowest BCUT2D eigenvalue weighted by molar-refractivity contribution is -0.150. The van der Waals surface area contributed by atoms with Crippen molar-refractivity contribution < 1.29 is 19.4 Å². The summed E-state index contributed by atoms with van der Waals surface area (Å²) in [5, 5.41) is 13.8. The molecule has 3 heterocycles. The number of piperazine rings is 1. The van der Waals surface area contributed by atoms with Crippen LogP contribution in [0.25, 0.3) is 0 Å². The minimum absolute atomic E-state index is 0.0348. The molecule has 1 aromatic rings. The Morgan fingerprint density at radius 2 is 2.12 bits per heavy atom. The third kappa shape index (κ3) is 4.58. The number of hydrogen-bond donors (Lipinski definition) is 2. The Morgan fingerprint density at radius 1 is 1.30 bits per heavy atom. The highest BCUT2D eigenvalue weighted by atomic mass is 35.5. The number of urea groups is 1. The molecule has 3 amide bonds. The van der Waals surface area contributed by atoms with Gasteiger partial charge in [-0.2, -0.15) is 0 Å². The highest BCUT2D eigenvalue weighted by Gasteiger charge is 2.51. The van der Waals surface area contributed by atoms with Gasteiger partial charge in [0.25, 0.3) is 0 Å². The molecule has 5 rings (SSSR count). The molecule has 1 aliphatic carbocycles. The van der Waals surface area contributed by atoms with Crippen LogP contribution in [0.4, 0.5) is 10.5 Å². The zero-order valence-corrected chi connectivity index (χ0v) is 19.8. The van der Waals surface area contributed by atoms with E-state index < -0.39 is 12.3 Å². The zero-order chi connectivity index (χ0) is 23.2. The van der Waals surface area contributed by atoms with E-state index in [1.807, 2.05) is 4.90 Å². The fourth-order valence-electron chi connectivity index (χ4n) is 5.57. The molecule has 0 aromatic heterocycles. The number of β-amino-alcohol motifs (C(OH)–C–C–N with tert-alkyl or cyclic N) is 1. The fourth-order valence-corrected chi connectivity index (χ4v) is 5.76. The molecule has 1 saturated carbocycles. The predicted molar refractivity (Wildman–Crippen MR) is 125 cm³/mol. The first-order chi connectivity index (χ1) is 15.9. The Kier molecular flexibility index (Phi) is 6.29. The molecule has 1 aromatic carbocycles.